The highest BCUT2D eigenvalue weighted by atomic mass is 32.2. The lowest BCUT2D eigenvalue weighted by atomic mass is 9.93. The topological polar surface area (TPSA) is 73.8 Å². The van der Waals surface area contributed by atoms with Gasteiger partial charge in [-0.1, -0.05) is 71.9 Å². The van der Waals surface area contributed by atoms with Gasteiger partial charge in [-0.25, -0.2) is 4.99 Å². The lowest BCUT2D eigenvalue weighted by Crippen LogP contribution is -2.43. The summed E-state index contributed by atoms with van der Waals surface area (Å²) in [5.41, 5.74) is 6.98. The number of aryl methyl sites for hydroxylation is 2. The molecule has 0 spiro atoms. The van der Waals surface area contributed by atoms with E-state index in [-0.39, 0.29) is 17.9 Å². The second-order valence-electron chi connectivity index (χ2n) is 9.82. The molecule has 2 heterocycles. The number of thioether (sulfide) groups is 1. The standard InChI is InChI=1S/C32H32N4O2S/c1-21-10-16-27(22(2)20-21)35-31(38)29-23(3)33-32-36(18-7-19-39-32)30(29)25-12-14-26(15-13-25)34-28(37)17-11-24-8-5-4-6-9-24/h4-6,8-17,20,30H,7,18-19H2,1-3H3,(H,34,37)(H,35,38)/b17-11+. The molecular weight excluding hydrogens is 504 g/mol. The van der Waals surface area contributed by atoms with Crippen molar-refractivity contribution in [3.63, 3.8) is 0 Å². The molecule has 2 aliphatic heterocycles. The van der Waals surface area contributed by atoms with Crippen molar-refractivity contribution in [2.45, 2.75) is 33.2 Å². The van der Waals surface area contributed by atoms with Crippen LogP contribution in [0.15, 0.2) is 95.1 Å². The quantitative estimate of drug-likeness (QED) is 0.343. The SMILES string of the molecule is CC1=C(C(=O)Nc2ccc(C)cc2C)C(c2ccc(NC(=O)/C=C/c3ccccc3)cc2)N2CCCSC2=N1. The number of benzene rings is 3. The highest BCUT2D eigenvalue weighted by molar-refractivity contribution is 8.13. The molecule has 39 heavy (non-hydrogen) atoms. The van der Waals surface area contributed by atoms with Crippen LogP contribution in [-0.2, 0) is 9.59 Å². The summed E-state index contributed by atoms with van der Waals surface area (Å²) in [6, 6.07) is 23.2. The minimum absolute atomic E-state index is 0.147. The number of hydrogen-bond donors (Lipinski definition) is 2. The number of allylic oxidation sites excluding steroid dienone is 1. The first kappa shape index (κ1) is 26.5. The van der Waals surface area contributed by atoms with E-state index in [4.69, 9.17) is 4.99 Å². The maximum atomic E-state index is 13.7. The van der Waals surface area contributed by atoms with E-state index in [0.29, 0.717) is 11.3 Å². The van der Waals surface area contributed by atoms with Crippen molar-refractivity contribution < 1.29 is 9.59 Å². The van der Waals surface area contributed by atoms with Gasteiger partial charge in [-0.05, 0) is 68.2 Å². The summed E-state index contributed by atoms with van der Waals surface area (Å²) >= 11 is 1.73. The van der Waals surface area contributed by atoms with Crippen molar-refractivity contribution in [3.05, 3.63) is 112 Å². The Morgan fingerprint density at radius 3 is 2.49 bits per heavy atom. The molecule has 1 saturated heterocycles. The molecule has 0 bridgehead atoms. The van der Waals surface area contributed by atoms with Gasteiger partial charge in [0.2, 0.25) is 5.91 Å². The van der Waals surface area contributed by atoms with Gasteiger partial charge in [0.25, 0.3) is 5.91 Å². The minimum atomic E-state index is -0.265. The average molecular weight is 537 g/mol. The zero-order chi connectivity index (χ0) is 27.4. The zero-order valence-electron chi connectivity index (χ0n) is 22.4. The van der Waals surface area contributed by atoms with Crippen LogP contribution < -0.4 is 10.6 Å². The molecule has 1 atom stereocenters. The third kappa shape index (κ3) is 6.15. The maximum Gasteiger partial charge on any atom is 0.255 e. The summed E-state index contributed by atoms with van der Waals surface area (Å²) in [6.07, 6.45) is 4.33. The van der Waals surface area contributed by atoms with Gasteiger partial charge in [0, 0.05) is 29.7 Å². The Hall–Kier alpha value is -4.10. The molecule has 1 unspecified atom stereocenters. The fraction of sp³-hybridized carbons (Fsp3) is 0.219. The normalized spacial score (nSPS) is 17.1. The third-order valence-corrected chi connectivity index (χ3v) is 7.93. The van der Waals surface area contributed by atoms with E-state index in [0.717, 1.165) is 57.5 Å². The van der Waals surface area contributed by atoms with E-state index >= 15 is 0 Å². The van der Waals surface area contributed by atoms with E-state index in [9.17, 15) is 9.59 Å². The molecule has 0 aromatic heterocycles. The van der Waals surface area contributed by atoms with Crippen molar-refractivity contribution in [2.24, 2.45) is 4.99 Å². The first-order valence-corrected chi connectivity index (χ1v) is 14.1. The van der Waals surface area contributed by atoms with E-state index in [2.05, 4.69) is 21.6 Å². The molecule has 3 aromatic rings. The molecule has 2 aliphatic rings. The number of carbonyl (C=O) groups excluding carboxylic acids is 2. The van der Waals surface area contributed by atoms with Crippen molar-refractivity contribution in [1.82, 2.24) is 4.90 Å². The van der Waals surface area contributed by atoms with Gasteiger partial charge in [0.05, 0.1) is 17.3 Å². The number of carbonyl (C=O) groups is 2. The second-order valence-corrected chi connectivity index (χ2v) is 10.9. The van der Waals surface area contributed by atoms with Crippen LogP contribution in [0.1, 0.15) is 41.6 Å². The first-order valence-electron chi connectivity index (χ1n) is 13.1. The van der Waals surface area contributed by atoms with Crippen molar-refractivity contribution >= 4 is 46.2 Å². The van der Waals surface area contributed by atoms with Crippen molar-refractivity contribution in [2.75, 3.05) is 22.9 Å². The summed E-state index contributed by atoms with van der Waals surface area (Å²) in [6.45, 7) is 6.78. The smallest absolute Gasteiger partial charge is 0.255 e. The van der Waals surface area contributed by atoms with Crippen LogP contribution in [-0.4, -0.2) is 34.2 Å². The Bertz CT molecular complexity index is 1480. The van der Waals surface area contributed by atoms with Crippen LogP contribution in [0.4, 0.5) is 11.4 Å². The monoisotopic (exact) mass is 536 g/mol. The van der Waals surface area contributed by atoms with Gasteiger partial charge in [-0.15, -0.1) is 0 Å². The molecular formula is C32H32N4O2S. The van der Waals surface area contributed by atoms with Crippen LogP contribution in [0.2, 0.25) is 0 Å². The highest BCUT2D eigenvalue weighted by Gasteiger charge is 2.37. The Morgan fingerprint density at radius 2 is 1.74 bits per heavy atom. The predicted octanol–water partition coefficient (Wildman–Crippen LogP) is 6.72. The molecule has 0 radical (unpaired) electrons. The number of amidine groups is 1. The van der Waals surface area contributed by atoms with Crippen LogP contribution >= 0.6 is 11.8 Å². The number of hydrogen-bond acceptors (Lipinski definition) is 5. The number of fused-ring (bicyclic) bond motifs is 1. The van der Waals surface area contributed by atoms with Crippen molar-refractivity contribution in [1.29, 1.82) is 0 Å². The highest BCUT2D eigenvalue weighted by Crippen LogP contribution is 2.40. The maximum absolute atomic E-state index is 13.7. The molecule has 0 saturated carbocycles. The number of aliphatic imine (C=N–C) groups is 1. The Morgan fingerprint density at radius 1 is 0.974 bits per heavy atom. The van der Waals surface area contributed by atoms with Gasteiger partial charge in [-0.2, -0.15) is 0 Å². The summed E-state index contributed by atoms with van der Waals surface area (Å²) in [7, 11) is 0. The summed E-state index contributed by atoms with van der Waals surface area (Å²) in [5, 5.41) is 7.01. The summed E-state index contributed by atoms with van der Waals surface area (Å²) in [5.74, 6) is 0.669. The minimum Gasteiger partial charge on any atom is -0.340 e. The summed E-state index contributed by atoms with van der Waals surface area (Å²) < 4.78 is 0. The molecule has 7 heteroatoms. The molecule has 5 rings (SSSR count). The van der Waals surface area contributed by atoms with Crippen molar-refractivity contribution in [3.8, 4) is 0 Å². The second kappa shape index (κ2) is 11.7. The van der Waals surface area contributed by atoms with E-state index in [1.165, 1.54) is 6.08 Å². The molecule has 198 valence electrons. The molecule has 3 aromatic carbocycles. The molecule has 6 nitrogen and oxygen atoms in total. The lowest BCUT2D eigenvalue weighted by molar-refractivity contribution is -0.113. The largest absolute Gasteiger partial charge is 0.340 e. The number of rotatable bonds is 6. The van der Waals surface area contributed by atoms with E-state index in [1.54, 1.807) is 17.8 Å². The Kier molecular flexibility index (Phi) is 7.98. The molecule has 0 aliphatic carbocycles. The average Bonchev–Trinajstić information content (AvgIpc) is 2.93. The summed E-state index contributed by atoms with van der Waals surface area (Å²) in [4.78, 5) is 33.3. The van der Waals surface area contributed by atoms with E-state index in [1.807, 2.05) is 87.5 Å². The van der Waals surface area contributed by atoms with Gasteiger partial charge >= 0.3 is 0 Å². The Labute approximate surface area is 233 Å². The van der Waals surface area contributed by atoms with Crippen LogP contribution in [0, 0.1) is 13.8 Å². The van der Waals surface area contributed by atoms with Gasteiger partial charge in [-0.3, -0.25) is 9.59 Å². The number of amides is 2. The lowest BCUT2D eigenvalue weighted by Gasteiger charge is -2.41. The van der Waals surface area contributed by atoms with Crippen LogP contribution in [0.5, 0.6) is 0 Å². The van der Waals surface area contributed by atoms with Crippen LogP contribution in [0.3, 0.4) is 0 Å². The molecule has 2 N–H and O–H groups in total. The van der Waals surface area contributed by atoms with Gasteiger partial charge in [0.1, 0.15) is 0 Å². The fourth-order valence-corrected chi connectivity index (χ4v) is 5.94. The van der Waals surface area contributed by atoms with Crippen LogP contribution in [0.25, 0.3) is 6.08 Å². The first-order chi connectivity index (χ1) is 18.9. The number of nitrogens with one attached hydrogen (secondary N) is 2. The fourth-order valence-electron chi connectivity index (χ4n) is 4.92. The number of anilines is 2. The van der Waals surface area contributed by atoms with E-state index < -0.39 is 0 Å². The third-order valence-electron chi connectivity index (χ3n) is 6.85. The number of nitrogens with zero attached hydrogens (tertiary/aromatic N) is 2. The predicted molar refractivity (Wildman–Crippen MR) is 162 cm³/mol. The molecule has 2 amide bonds. The Balaban J connectivity index is 1.39. The van der Waals surface area contributed by atoms with Gasteiger partial charge in [0.15, 0.2) is 5.17 Å². The zero-order valence-corrected chi connectivity index (χ0v) is 23.2. The molecule has 1 fully saturated rings. The van der Waals surface area contributed by atoms with Gasteiger partial charge < -0.3 is 15.5 Å².